The molecule has 0 heterocycles. The van der Waals surface area contributed by atoms with E-state index in [0.29, 0.717) is 12.3 Å². The van der Waals surface area contributed by atoms with Crippen LogP contribution in [0.2, 0.25) is 0 Å². The van der Waals surface area contributed by atoms with E-state index in [2.05, 4.69) is 12.2 Å². The van der Waals surface area contributed by atoms with Gasteiger partial charge in [0.2, 0.25) is 5.91 Å². The van der Waals surface area contributed by atoms with Gasteiger partial charge in [-0.05, 0) is 43.0 Å². The summed E-state index contributed by atoms with van der Waals surface area (Å²) in [7, 11) is 0. The molecule has 0 aliphatic carbocycles. The predicted molar refractivity (Wildman–Crippen MR) is 64.0 cm³/mol. The summed E-state index contributed by atoms with van der Waals surface area (Å²) in [6, 6.07) is 5.98. The van der Waals surface area contributed by atoms with Crippen LogP contribution in [0.4, 0.5) is 5.69 Å². The maximum absolute atomic E-state index is 11.5. The molecule has 2 nitrogen and oxygen atoms in total. The number of hydrogen-bond donors (Lipinski definition) is 1. The first-order valence-corrected chi connectivity index (χ1v) is 5.36. The molecule has 82 valence electrons. The molecular weight excluding hydrogens is 186 g/mol. The summed E-state index contributed by atoms with van der Waals surface area (Å²) in [5.41, 5.74) is 3.35. The number of carbonyl (C=O) groups is 1. The smallest absolute Gasteiger partial charge is 0.224 e. The maximum Gasteiger partial charge on any atom is 0.224 e. The Balaban J connectivity index is 2.65. The normalized spacial score (nSPS) is 10.5. The van der Waals surface area contributed by atoms with E-state index in [9.17, 15) is 4.79 Å². The maximum atomic E-state index is 11.5. The molecule has 15 heavy (non-hydrogen) atoms. The van der Waals surface area contributed by atoms with Gasteiger partial charge in [-0.1, -0.05) is 19.9 Å². The van der Waals surface area contributed by atoms with Gasteiger partial charge < -0.3 is 5.32 Å². The summed E-state index contributed by atoms with van der Waals surface area (Å²) in [5, 5.41) is 2.90. The van der Waals surface area contributed by atoms with E-state index < -0.39 is 0 Å². The van der Waals surface area contributed by atoms with Gasteiger partial charge in [0.15, 0.2) is 0 Å². The van der Waals surface area contributed by atoms with Crippen LogP contribution in [0.3, 0.4) is 0 Å². The lowest BCUT2D eigenvalue weighted by Gasteiger charge is -2.08. The van der Waals surface area contributed by atoms with Crippen molar-refractivity contribution in [3.63, 3.8) is 0 Å². The standard InChI is InChI=1S/C13H19NO/c1-9(2)7-13(15)14-12-6-5-10(3)11(4)8-12/h5-6,8-9H,7H2,1-4H3,(H,14,15). The fraction of sp³-hybridized carbons (Fsp3) is 0.462. The molecular formula is C13H19NO. The van der Waals surface area contributed by atoms with Crippen LogP contribution in [-0.4, -0.2) is 5.91 Å². The molecule has 0 saturated heterocycles. The molecule has 0 saturated carbocycles. The van der Waals surface area contributed by atoms with Crippen LogP contribution in [0.5, 0.6) is 0 Å². The van der Waals surface area contributed by atoms with E-state index in [-0.39, 0.29) is 5.91 Å². The number of aryl methyl sites for hydroxylation is 2. The van der Waals surface area contributed by atoms with Gasteiger partial charge in [0.25, 0.3) is 0 Å². The zero-order valence-electron chi connectivity index (χ0n) is 9.92. The van der Waals surface area contributed by atoms with Crippen molar-refractivity contribution in [3.05, 3.63) is 29.3 Å². The molecule has 0 aromatic heterocycles. The van der Waals surface area contributed by atoms with Crippen molar-refractivity contribution < 1.29 is 4.79 Å². The Morgan fingerprint density at radius 2 is 1.93 bits per heavy atom. The Hall–Kier alpha value is -1.31. The highest BCUT2D eigenvalue weighted by Gasteiger charge is 2.05. The molecule has 1 aromatic carbocycles. The van der Waals surface area contributed by atoms with Gasteiger partial charge in [-0.15, -0.1) is 0 Å². The van der Waals surface area contributed by atoms with E-state index in [0.717, 1.165) is 5.69 Å². The van der Waals surface area contributed by atoms with Crippen LogP contribution in [0.25, 0.3) is 0 Å². The fourth-order valence-electron chi connectivity index (χ4n) is 1.40. The summed E-state index contributed by atoms with van der Waals surface area (Å²) < 4.78 is 0. The third kappa shape index (κ3) is 3.74. The number of hydrogen-bond acceptors (Lipinski definition) is 1. The molecule has 1 aromatic rings. The van der Waals surface area contributed by atoms with Crippen LogP contribution in [0.1, 0.15) is 31.4 Å². The van der Waals surface area contributed by atoms with E-state index in [4.69, 9.17) is 0 Å². The van der Waals surface area contributed by atoms with Gasteiger partial charge in [-0.25, -0.2) is 0 Å². The highest BCUT2D eigenvalue weighted by molar-refractivity contribution is 5.90. The van der Waals surface area contributed by atoms with E-state index in [1.54, 1.807) is 0 Å². The molecule has 0 fully saturated rings. The Morgan fingerprint density at radius 1 is 1.27 bits per heavy atom. The molecule has 0 radical (unpaired) electrons. The van der Waals surface area contributed by atoms with Crippen molar-refractivity contribution >= 4 is 11.6 Å². The van der Waals surface area contributed by atoms with Crippen LogP contribution < -0.4 is 5.32 Å². The topological polar surface area (TPSA) is 29.1 Å². The second-order valence-electron chi connectivity index (χ2n) is 4.45. The van der Waals surface area contributed by atoms with Crippen molar-refractivity contribution in [2.24, 2.45) is 5.92 Å². The van der Waals surface area contributed by atoms with E-state index in [1.165, 1.54) is 11.1 Å². The third-order valence-corrected chi connectivity index (χ3v) is 2.38. The Morgan fingerprint density at radius 3 is 2.47 bits per heavy atom. The highest BCUT2D eigenvalue weighted by atomic mass is 16.1. The van der Waals surface area contributed by atoms with Gasteiger partial charge in [0.05, 0.1) is 0 Å². The first-order valence-electron chi connectivity index (χ1n) is 5.36. The molecule has 0 spiro atoms. The second kappa shape index (κ2) is 4.96. The lowest BCUT2D eigenvalue weighted by Crippen LogP contribution is -2.13. The van der Waals surface area contributed by atoms with Crippen molar-refractivity contribution in [1.82, 2.24) is 0 Å². The average molecular weight is 205 g/mol. The summed E-state index contributed by atoms with van der Waals surface area (Å²) in [6.45, 7) is 8.20. The summed E-state index contributed by atoms with van der Waals surface area (Å²) in [4.78, 5) is 11.5. The van der Waals surface area contributed by atoms with Crippen LogP contribution >= 0.6 is 0 Å². The van der Waals surface area contributed by atoms with Crippen molar-refractivity contribution in [1.29, 1.82) is 0 Å². The van der Waals surface area contributed by atoms with Gasteiger partial charge in [0, 0.05) is 12.1 Å². The number of carbonyl (C=O) groups excluding carboxylic acids is 1. The Kier molecular flexibility index (Phi) is 3.89. The van der Waals surface area contributed by atoms with Gasteiger partial charge in [0.1, 0.15) is 0 Å². The van der Waals surface area contributed by atoms with E-state index >= 15 is 0 Å². The SMILES string of the molecule is Cc1ccc(NC(=O)CC(C)C)cc1C. The van der Waals surface area contributed by atoms with Crippen LogP contribution in [-0.2, 0) is 4.79 Å². The number of rotatable bonds is 3. The molecule has 0 aliphatic heterocycles. The number of anilines is 1. The monoisotopic (exact) mass is 205 g/mol. The minimum Gasteiger partial charge on any atom is -0.326 e. The van der Waals surface area contributed by atoms with Crippen molar-refractivity contribution in [2.45, 2.75) is 34.1 Å². The van der Waals surface area contributed by atoms with Gasteiger partial charge >= 0.3 is 0 Å². The summed E-state index contributed by atoms with van der Waals surface area (Å²) >= 11 is 0. The first-order chi connectivity index (χ1) is 6.99. The van der Waals surface area contributed by atoms with Crippen LogP contribution in [0, 0.1) is 19.8 Å². The molecule has 0 unspecified atom stereocenters. The molecule has 0 aliphatic rings. The molecule has 0 bridgehead atoms. The third-order valence-electron chi connectivity index (χ3n) is 2.38. The van der Waals surface area contributed by atoms with Gasteiger partial charge in [-0.2, -0.15) is 0 Å². The molecule has 0 atom stereocenters. The fourth-order valence-corrected chi connectivity index (χ4v) is 1.40. The van der Waals surface area contributed by atoms with Gasteiger partial charge in [-0.3, -0.25) is 4.79 Å². The lowest BCUT2D eigenvalue weighted by atomic mass is 10.1. The first kappa shape index (κ1) is 11.8. The number of nitrogens with one attached hydrogen (secondary N) is 1. The highest BCUT2D eigenvalue weighted by Crippen LogP contribution is 2.14. The summed E-state index contributed by atoms with van der Waals surface area (Å²) in [5.74, 6) is 0.491. The molecule has 1 N–H and O–H groups in total. The van der Waals surface area contributed by atoms with Crippen molar-refractivity contribution in [2.75, 3.05) is 5.32 Å². The second-order valence-corrected chi connectivity index (χ2v) is 4.45. The minimum absolute atomic E-state index is 0.0910. The Labute approximate surface area is 91.7 Å². The minimum atomic E-state index is 0.0910. The van der Waals surface area contributed by atoms with E-state index in [1.807, 2.05) is 39.0 Å². The average Bonchev–Trinajstić information content (AvgIpc) is 2.10. The molecule has 2 heteroatoms. The largest absolute Gasteiger partial charge is 0.326 e. The Bertz CT molecular complexity index is 356. The zero-order valence-corrected chi connectivity index (χ0v) is 9.92. The zero-order chi connectivity index (χ0) is 11.4. The number of benzene rings is 1. The van der Waals surface area contributed by atoms with Crippen LogP contribution in [0.15, 0.2) is 18.2 Å². The predicted octanol–water partition coefficient (Wildman–Crippen LogP) is 3.29. The number of amides is 1. The summed E-state index contributed by atoms with van der Waals surface area (Å²) in [6.07, 6.45) is 0.576. The molecule has 1 amide bonds. The quantitative estimate of drug-likeness (QED) is 0.806. The lowest BCUT2D eigenvalue weighted by molar-refractivity contribution is -0.116. The molecule has 1 rings (SSSR count). The van der Waals surface area contributed by atoms with Crippen molar-refractivity contribution in [3.8, 4) is 0 Å².